The van der Waals surface area contributed by atoms with Crippen molar-refractivity contribution in [1.29, 1.82) is 0 Å². The molecule has 0 aromatic carbocycles. The van der Waals surface area contributed by atoms with Gasteiger partial charge < -0.3 is 5.32 Å². The van der Waals surface area contributed by atoms with Crippen LogP contribution < -0.4 is 5.32 Å². The maximum atomic E-state index is 11.8. The molecule has 16 heavy (non-hydrogen) atoms. The fourth-order valence-corrected chi connectivity index (χ4v) is 2.11. The molecular weight excluding hydrogens is 198 g/mol. The third kappa shape index (κ3) is 7.86. The van der Waals surface area contributed by atoms with E-state index in [-0.39, 0.29) is 0 Å². The summed E-state index contributed by atoms with van der Waals surface area (Å²) in [5.41, 5.74) is 0. The van der Waals surface area contributed by atoms with Gasteiger partial charge in [-0.25, -0.2) is 0 Å². The smallest absolute Gasteiger partial charge is 0.134 e. The van der Waals surface area contributed by atoms with Crippen molar-refractivity contribution >= 4 is 5.78 Å². The van der Waals surface area contributed by atoms with E-state index in [1.807, 2.05) is 0 Å². The maximum absolute atomic E-state index is 11.8. The highest BCUT2D eigenvalue weighted by molar-refractivity contribution is 5.79. The molecule has 0 saturated carbocycles. The molecule has 0 amide bonds. The number of carbonyl (C=O) groups is 1. The van der Waals surface area contributed by atoms with Gasteiger partial charge in [-0.15, -0.1) is 0 Å². The van der Waals surface area contributed by atoms with Crippen molar-refractivity contribution in [2.24, 2.45) is 5.92 Å². The van der Waals surface area contributed by atoms with Crippen LogP contribution in [0, 0.1) is 5.92 Å². The zero-order valence-electron chi connectivity index (χ0n) is 11.5. The molecule has 2 nitrogen and oxygen atoms in total. The van der Waals surface area contributed by atoms with Gasteiger partial charge in [0.25, 0.3) is 0 Å². The summed E-state index contributed by atoms with van der Waals surface area (Å²) in [7, 11) is 0. The monoisotopic (exact) mass is 227 g/mol. The fourth-order valence-electron chi connectivity index (χ4n) is 2.11. The number of Topliss-reactive ketones (excluding diaryl/α,β-unsaturated/α-hetero) is 1. The summed E-state index contributed by atoms with van der Waals surface area (Å²) in [6.07, 6.45) is 6.32. The van der Waals surface area contributed by atoms with E-state index in [0.29, 0.717) is 24.2 Å². The third-order valence-electron chi connectivity index (χ3n) is 3.15. The number of ketones is 1. The van der Waals surface area contributed by atoms with Gasteiger partial charge in [-0.1, -0.05) is 46.5 Å². The highest BCUT2D eigenvalue weighted by Crippen LogP contribution is 2.18. The van der Waals surface area contributed by atoms with E-state index >= 15 is 0 Å². The first-order valence-electron chi connectivity index (χ1n) is 6.89. The van der Waals surface area contributed by atoms with Gasteiger partial charge in [-0.05, 0) is 19.4 Å². The average Bonchev–Trinajstić information content (AvgIpc) is 2.24. The van der Waals surface area contributed by atoms with E-state index in [2.05, 4.69) is 33.0 Å². The molecule has 0 aromatic rings. The lowest BCUT2D eigenvalue weighted by atomic mass is 9.92. The van der Waals surface area contributed by atoms with Crippen molar-refractivity contribution < 1.29 is 4.79 Å². The first-order chi connectivity index (χ1) is 7.63. The van der Waals surface area contributed by atoms with Crippen LogP contribution >= 0.6 is 0 Å². The molecule has 0 saturated heterocycles. The predicted molar refractivity (Wildman–Crippen MR) is 70.7 cm³/mol. The number of hydrogen-bond acceptors (Lipinski definition) is 2. The number of carbonyl (C=O) groups excluding carboxylic acids is 1. The Bertz CT molecular complexity index is 180. The van der Waals surface area contributed by atoms with Gasteiger partial charge in [0.05, 0.1) is 0 Å². The van der Waals surface area contributed by atoms with Crippen LogP contribution in [-0.2, 0) is 4.79 Å². The lowest BCUT2D eigenvalue weighted by Crippen LogP contribution is -2.28. The molecule has 0 aliphatic heterocycles. The number of hydrogen-bond donors (Lipinski definition) is 1. The van der Waals surface area contributed by atoms with Crippen LogP contribution in [0.2, 0.25) is 0 Å². The van der Waals surface area contributed by atoms with Gasteiger partial charge >= 0.3 is 0 Å². The molecule has 0 aliphatic rings. The fraction of sp³-hybridized carbons (Fsp3) is 0.929. The summed E-state index contributed by atoms with van der Waals surface area (Å²) in [4.78, 5) is 11.8. The van der Waals surface area contributed by atoms with E-state index < -0.39 is 0 Å². The number of unbranched alkanes of at least 4 members (excludes halogenated alkanes) is 1. The Morgan fingerprint density at radius 2 is 1.88 bits per heavy atom. The highest BCUT2D eigenvalue weighted by Gasteiger charge is 2.13. The largest absolute Gasteiger partial charge is 0.314 e. The molecule has 0 fully saturated rings. The Labute approximate surface area is 101 Å². The van der Waals surface area contributed by atoms with Crippen molar-refractivity contribution in [2.75, 3.05) is 6.54 Å². The van der Waals surface area contributed by atoms with E-state index in [1.54, 1.807) is 0 Å². The second kappa shape index (κ2) is 9.83. The lowest BCUT2D eigenvalue weighted by molar-refractivity contribution is -0.120. The van der Waals surface area contributed by atoms with E-state index in [9.17, 15) is 4.79 Å². The van der Waals surface area contributed by atoms with Crippen molar-refractivity contribution in [1.82, 2.24) is 5.32 Å². The van der Waals surface area contributed by atoms with Gasteiger partial charge in [-0.3, -0.25) is 4.79 Å². The first-order valence-corrected chi connectivity index (χ1v) is 6.89. The molecule has 0 heterocycles. The molecule has 96 valence electrons. The second-order valence-corrected chi connectivity index (χ2v) is 4.82. The van der Waals surface area contributed by atoms with Gasteiger partial charge in [0.1, 0.15) is 5.78 Å². The number of nitrogens with one attached hydrogen (secondary N) is 1. The Hall–Kier alpha value is -0.370. The summed E-state index contributed by atoms with van der Waals surface area (Å²) >= 11 is 0. The summed E-state index contributed by atoms with van der Waals surface area (Å²) in [5.74, 6) is 1.04. The van der Waals surface area contributed by atoms with Crippen LogP contribution in [0.3, 0.4) is 0 Å². The van der Waals surface area contributed by atoms with E-state index in [4.69, 9.17) is 0 Å². The van der Waals surface area contributed by atoms with Crippen LogP contribution in [0.25, 0.3) is 0 Å². The molecule has 0 rings (SSSR count). The summed E-state index contributed by atoms with van der Waals surface area (Å²) in [6, 6.07) is 0.334. The molecule has 1 N–H and O–H groups in total. The van der Waals surface area contributed by atoms with Crippen LogP contribution in [-0.4, -0.2) is 18.4 Å². The molecule has 2 atom stereocenters. The Morgan fingerprint density at radius 1 is 1.19 bits per heavy atom. The SMILES string of the molecule is CCCCC(CC)CC(=O)CC(C)NCC. The molecule has 0 spiro atoms. The quantitative estimate of drug-likeness (QED) is 0.618. The molecule has 0 radical (unpaired) electrons. The number of rotatable bonds is 10. The van der Waals surface area contributed by atoms with Crippen LogP contribution in [0.15, 0.2) is 0 Å². The van der Waals surface area contributed by atoms with E-state index in [0.717, 1.165) is 19.4 Å². The molecule has 2 unspecified atom stereocenters. The normalized spacial score (nSPS) is 14.8. The predicted octanol–water partition coefficient (Wildman–Crippen LogP) is 3.55. The zero-order chi connectivity index (χ0) is 12.4. The van der Waals surface area contributed by atoms with Crippen LogP contribution in [0.1, 0.15) is 66.2 Å². The van der Waals surface area contributed by atoms with Crippen molar-refractivity contribution in [3.05, 3.63) is 0 Å². The van der Waals surface area contributed by atoms with E-state index in [1.165, 1.54) is 19.3 Å². The third-order valence-corrected chi connectivity index (χ3v) is 3.15. The molecule has 0 aromatic heterocycles. The Balaban J connectivity index is 3.81. The van der Waals surface area contributed by atoms with Crippen LogP contribution in [0.5, 0.6) is 0 Å². The molecule has 0 bridgehead atoms. The summed E-state index contributed by atoms with van der Waals surface area (Å²) in [6.45, 7) is 9.52. The second-order valence-electron chi connectivity index (χ2n) is 4.82. The summed E-state index contributed by atoms with van der Waals surface area (Å²) in [5, 5.41) is 3.29. The van der Waals surface area contributed by atoms with Crippen molar-refractivity contribution in [3.63, 3.8) is 0 Å². The lowest BCUT2D eigenvalue weighted by Gasteiger charge is -2.16. The first kappa shape index (κ1) is 15.6. The maximum Gasteiger partial charge on any atom is 0.134 e. The van der Waals surface area contributed by atoms with Gasteiger partial charge in [0.2, 0.25) is 0 Å². The van der Waals surface area contributed by atoms with Crippen molar-refractivity contribution in [2.45, 2.75) is 72.3 Å². The molecular formula is C14H29NO. The Morgan fingerprint density at radius 3 is 2.38 bits per heavy atom. The van der Waals surface area contributed by atoms with Gasteiger partial charge in [-0.2, -0.15) is 0 Å². The molecule has 0 aliphatic carbocycles. The minimum atomic E-state index is 0.334. The topological polar surface area (TPSA) is 29.1 Å². The van der Waals surface area contributed by atoms with Crippen molar-refractivity contribution in [3.8, 4) is 0 Å². The van der Waals surface area contributed by atoms with Gasteiger partial charge in [0.15, 0.2) is 0 Å². The minimum Gasteiger partial charge on any atom is -0.314 e. The Kier molecular flexibility index (Phi) is 9.60. The molecule has 2 heteroatoms. The minimum absolute atomic E-state index is 0.334. The standard InChI is InChI=1S/C14H29NO/c1-5-8-9-13(6-2)11-14(16)10-12(4)15-7-3/h12-13,15H,5-11H2,1-4H3. The average molecular weight is 227 g/mol. The summed E-state index contributed by atoms with van der Waals surface area (Å²) < 4.78 is 0. The highest BCUT2D eigenvalue weighted by atomic mass is 16.1. The zero-order valence-corrected chi connectivity index (χ0v) is 11.5. The van der Waals surface area contributed by atoms with Gasteiger partial charge in [0, 0.05) is 18.9 Å². The van der Waals surface area contributed by atoms with Crippen LogP contribution in [0.4, 0.5) is 0 Å².